The average Bonchev–Trinajstić information content (AvgIpc) is 3.04. The van der Waals surface area contributed by atoms with Crippen molar-refractivity contribution in [1.29, 1.82) is 0 Å². The molecule has 2 aromatic heterocycles. The molecule has 0 radical (unpaired) electrons. The third-order valence-corrected chi connectivity index (χ3v) is 4.24. The van der Waals surface area contributed by atoms with Gasteiger partial charge in [0.1, 0.15) is 0 Å². The highest BCUT2D eigenvalue weighted by atomic mass is 35.5. The number of rotatable bonds is 4. The van der Waals surface area contributed by atoms with Crippen LogP contribution in [0.1, 0.15) is 25.2 Å². The number of nitrogens with zero attached hydrogens (tertiary/aromatic N) is 3. The lowest BCUT2D eigenvalue weighted by Gasteiger charge is -2.08. The Bertz CT molecular complexity index is 786. The summed E-state index contributed by atoms with van der Waals surface area (Å²) in [6, 6.07) is 7.93. The van der Waals surface area contributed by atoms with E-state index in [0.29, 0.717) is 10.0 Å². The van der Waals surface area contributed by atoms with Crippen molar-refractivity contribution in [3.05, 3.63) is 51.9 Å². The van der Waals surface area contributed by atoms with E-state index in [1.807, 2.05) is 18.3 Å². The van der Waals surface area contributed by atoms with Crippen LogP contribution in [0, 0.1) is 0 Å². The molecule has 21 heavy (non-hydrogen) atoms. The Balaban J connectivity index is 2.04. The number of hydrogen-bond donors (Lipinski definition) is 0. The van der Waals surface area contributed by atoms with Crippen LogP contribution in [0.2, 0.25) is 10.0 Å². The highest BCUT2D eigenvalue weighted by Crippen LogP contribution is 2.29. The summed E-state index contributed by atoms with van der Waals surface area (Å²) < 4.78 is 4.21. The fourth-order valence-corrected chi connectivity index (χ4v) is 3.17. The molecule has 1 aromatic carbocycles. The van der Waals surface area contributed by atoms with E-state index in [4.69, 9.17) is 23.2 Å². The number of fused-ring (bicyclic) bond motifs is 1. The monoisotopic (exact) mass is 321 g/mol. The van der Waals surface area contributed by atoms with Gasteiger partial charge in [-0.3, -0.25) is 4.68 Å². The third kappa shape index (κ3) is 2.68. The van der Waals surface area contributed by atoms with Gasteiger partial charge in [-0.1, -0.05) is 30.1 Å². The van der Waals surface area contributed by atoms with E-state index >= 15 is 0 Å². The molecular formula is C16H17Cl2N3. The maximum atomic E-state index is 6.25. The highest BCUT2D eigenvalue weighted by molar-refractivity contribution is 6.38. The summed E-state index contributed by atoms with van der Waals surface area (Å²) in [5.74, 6) is 0. The van der Waals surface area contributed by atoms with Crippen molar-refractivity contribution in [3.63, 3.8) is 0 Å². The van der Waals surface area contributed by atoms with E-state index in [1.165, 1.54) is 5.69 Å². The summed E-state index contributed by atoms with van der Waals surface area (Å²) in [5, 5.41) is 6.97. The van der Waals surface area contributed by atoms with Gasteiger partial charge in [0, 0.05) is 23.2 Å². The summed E-state index contributed by atoms with van der Waals surface area (Å²) in [6.45, 7) is 5.87. The van der Waals surface area contributed by atoms with Gasteiger partial charge in [0.25, 0.3) is 0 Å². The topological polar surface area (TPSA) is 22.8 Å². The van der Waals surface area contributed by atoms with Crippen molar-refractivity contribution in [2.24, 2.45) is 0 Å². The Kier molecular flexibility index (Phi) is 3.96. The van der Waals surface area contributed by atoms with Crippen LogP contribution in [0.4, 0.5) is 0 Å². The SMILES string of the molecule is CCc1cc(Cn2ccc3c(Cl)cc(Cl)cc32)n(CC)n1. The van der Waals surface area contributed by atoms with Crippen molar-refractivity contribution in [1.82, 2.24) is 14.3 Å². The molecule has 0 bridgehead atoms. The molecule has 0 saturated carbocycles. The minimum Gasteiger partial charge on any atom is -0.341 e. The molecule has 0 saturated heterocycles. The second-order valence-electron chi connectivity index (χ2n) is 5.06. The molecule has 5 heteroatoms. The number of aromatic nitrogens is 3. The molecule has 3 aromatic rings. The van der Waals surface area contributed by atoms with Crippen LogP contribution in [0.15, 0.2) is 30.5 Å². The average molecular weight is 322 g/mol. The highest BCUT2D eigenvalue weighted by Gasteiger charge is 2.10. The normalized spacial score (nSPS) is 11.4. The number of hydrogen-bond acceptors (Lipinski definition) is 1. The van der Waals surface area contributed by atoms with Gasteiger partial charge in [-0.15, -0.1) is 0 Å². The predicted molar refractivity (Wildman–Crippen MR) is 88.3 cm³/mol. The van der Waals surface area contributed by atoms with E-state index < -0.39 is 0 Å². The number of benzene rings is 1. The van der Waals surface area contributed by atoms with Crippen molar-refractivity contribution >= 4 is 34.1 Å². The Morgan fingerprint density at radius 1 is 1.14 bits per heavy atom. The van der Waals surface area contributed by atoms with Gasteiger partial charge in [-0.05, 0) is 37.6 Å². The molecule has 0 aliphatic heterocycles. The van der Waals surface area contributed by atoms with E-state index in [9.17, 15) is 0 Å². The van der Waals surface area contributed by atoms with Crippen LogP contribution in [0.5, 0.6) is 0 Å². The lowest BCUT2D eigenvalue weighted by Crippen LogP contribution is -2.07. The zero-order valence-corrected chi connectivity index (χ0v) is 13.6. The van der Waals surface area contributed by atoms with Gasteiger partial charge in [-0.2, -0.15) is 5.10 Å². The van der Waals surface area contributed by atoms with Crippen LogP contribution in [-0.4, -0.2) is 14.3 Å². The van der Waals surface area contributed by atoms with E-state index in [2.05, 4.69) is 34.3 Å². The second kappa shape index (κ2) is 5.74. The third-order valence-electron chi connectivity index (χ3n) is 3.71. The van der Waals surface area contributed by atoms with E-state index in [0.717, 1.165) is 36.1 Å². The molecule has 110 valence electrons. The summed E-state index contributed by atoms with van der Waals surface area (Å²) in [4.78, 5) is 0. The summed E-state index contributed by atoms with van der Waals surface area (Å²) in [5.41, 5.74) is 3.37. The molecule has 0 fully saturated rings. The first kappa shape index (κ1) is 14.5. The Morgan fingerprint density at radius 2 is 1.95 bits per heavy atom. The first-order valence-corrected chi connectivity index (χ1v) is 7.87. The van der Waals surface area contributed by atoms with Gasteiger partial charge >= 0.3 is 0 Å². The fourth-order valence-electron chi connectivity index (χ4n) is 2.62. The molecular weight excluding hydrogens is 305 g/mol. The Labute approximate surface area is 134 Å². The van der Waals surface area contributed by atoms with Crippen LogP contribution in [0.3, 0.4) is 0 Å². The quantitative estimate of drug-likeness (QED) is 0.678. The molecule has 3 nitrogen and oxygen atoms in total. The molecule has 0 atom stereocenters. The van der Waals surface area contributed by atoms with Crippen molar-refractivity contribution in [2.45, 2.75) is 33.4 Å². The van der Waals surface area contributed by atoms with E-state index in [-0.39, 0.29) is 0 Å². The summed E-state index contributed by atoms with van der Waals surface area (Å²) in [7, 11) is 0. The van der Waals surface area contributed by atoms with Gasteiger partial charge in [0.05, 0.1) is 28.5 Å². The van der Waals surface area contributed by atoms with Crippen molar-refractivity contribution in [2.75, 3.05) is 0 Å². The standard InChI is InChI=1S/C16H17Cl2N3/c1-3-12-9-13(21(4-2)19-12)10-20-6-5-14-15(18)7-11(17)8-16(14)20/h5-9H,3-4,10H2,1-2H3. The van der Waals surface area contributed by atoms with Gasteiger partial charge in [0.2, 0.25) is 0 Å². The van der Waals surface area contributed by atoms with Crippen LogP contribution < -0.4 is 0 Å². The predicted octanol–water partition coefficient (Wildman–Crippen LogP) is 4.78. The number of aryl methyl sites for hydroxylation is 2. The van der Waals surface area contributed by atoms with Crippen LogP contribution >= 0.6 is 23.2 Å². The first-order chi connectivity index (χ1) is 10.1. The zero-order valence-electron chi connectivity index (χ0n) is 12.1. The maximum Gasteiger partial charge on any atom is 0.0645 e. The summed E-state index contributed by atoms with van der Waals surface area (Å²) >= 11 is 12.4. The van der Waals surface area contributed by atoms with Crippen LogP contribution in [0.25, 0.3) is 10.9 Å². The van der Waals surface area contributed by atoms with Gasteiger partial charge in [0.15, 0.2) is 0 Å². The minimum atomic E-state index is 0.658. The molecule has 0 aliphatic carbocycles. The molecule has 0 amide bonds. The van der Waals surface area contributed by atoms with Gasteiger partial charge < -0.3 is 4.57 Å². The maximum absolute atomic E-state index is 6.25. The largest absolute Gasteiger partial charge is 0.341 e. The molecule has 2 heterocycles. The molecule has 0 unspecified atom stereocenters. The van der Waals surface area contributed by atoms with Crippen molar-refractivity contribution < 1.29 is 0 Å². The van der Waals surface area contributed by atoms with Gasteiger partial charge in [-0.25, -0.2) is 0 Å². The number of halogens is 2. The molecule has 0 spiro atoms. The fraction of sp³-hybridized carbons (Fsp3) is 0.312. The molecule has 0 aliphatic rings. The Morgan fingerprint density at radius 3 is 2.67 bits per heavy atom. The first-order valence-electron chi connectivity index (χ1n) is 7.11. The second-order valence-corrected chi connectivity index (χ2v) is 5.90. The molecule has 3 rings (SSSR count). The smallest absolute Gasteiger partial charge is 0.0645 e. The molecule has 0 N–H and O–H groups in total. The Hall–Kier alpha value is -1.45. The lowest BCUT2D eigenvalue weighted by molar-refractivity contribution is 0.599. The van der Waals surface area contributed by atoms with E-state index in [1.54, 1.807) is 6.07 Å². The minimum absolute atomic E-state index is 0.658. The lowest BCUT2D eigenvalue weighted by atomic mass is 10.2. The zero-order chi connectivity index (χ0) is 15.0. The van der Waals surface area contributed by atoms with Crippen molar-refractivity contribution in [3.8, 4) is 0 Å². The summed E-state index contributed by atoms with van der Waals surface area (Å²) in [6.07, 6.45) is 3.00. The van der Waals surface area contributed by atoms with Crippen LogP contribution in [-0.2, 0) is 19.5 Å².